The van der Waals surface area contributed by atoms with E-state index in [1.807, 2.05) is 24.7 Å². The SMILES string of the molecule is CC(C)(C)c1ccc2c(c1)-c1cc(C(C)(C)C)ccc1C2(c1cccc(-n2c3ccccc3c3ccc(-c4ncc[nH]4)cc32)c1)c1ccccn1. The zero-order chi connectivity index (χ0) is 35.1. The lowest BCUT2D eigenvalue weighted by Crippen LogP contribution is -2.30. The van der Waals surface area contributed by atoms with Gasteiger partial charge >= 0.3 is 0 Å². The summed E-state index contributed by atoms with van der Waals surface area (Å²) >= 11 is 0. The van der Waals surface area contributed by atoms with Crippen LogP contribution in [0.4, 0.5) is 0 Å². The van der Waals surface area contributed by atoms with Crippen LogP contribution in [-0.4, -0.2) is 19.5 Å². The number of fused-ring (bicyclic) bond motifs is 6. The number of para-hydroxylation sites is 1. The molecule has 0 saturated heterocycles. The van der Waals surface area contributed by atoms with E-state index in [2.05, 4.69) is 171 Å². The summed E-state index contributed by atoms with van der Waals surface area (Å²) in [5.74, 6) is 0.861. The Balaban J connectivity index is 1.36. The monoisotopic (exact) mass is 662 g/mol. The van der Waals surface area contributed by atoms with Crippen molar-refractivity contribution in [2.75, 3.05) is 0 Å². The van der Waals surface area contributed by atoms with Crippen molar-refractivity contribution in [3.05, 3.63) is 173 Å². The molecule has 3 heterocycles. The molecule has 4 nitrogen and oxygen atoms in total. The van der Waals surface area contributed by atoms with E-state index >= 15 is 0 Å². The summed E-state index contributed by atoms with van der Waals surface area (Å²) in [6, 6.07) is 45.2. The summed E-state index contributed by atoms with van der Waals surface area (Å²) in [4.78, 5) is 13.0. The second-order valence-electron chi connectivity index (χ2n) is 16.1. The third-order valence-corrected chi connectivity index (χ3v) is 10.9. The van der Waals surface area contributed by atoms with Gasteiger partial charge in [-0.25, -0.2) is 4.98 Å². The number of pyridine rings is 1. The van der Waals surface area contributed by atoms with Crippen molar-refractivity contribution in [1.82, 2.24) is 19.5 Å². The first-order chi connectivity index (χ1) is 24.5. The van der Waals surface area contributed by atoms with E-state index in [1.165, 1.54) is 55.2 Å². The molecule has 5 aromatic carbocycles. The molecule has 0 radical (unpaired) electrons. The van der Waals surface area contributed by atoms with Gasteiger partial charge in [0.15, 0.2) is 0 Å². The molecule has 0 saturated carbocycles. The summed E-state index contributed by atoms with van der Waals surface area (Å²) in [6.07, 6.45) is 5.62. The molecule has 8 aromatic rings. The fourth-order valence-corrected chi connectivity index (χ4v) is 8.28. The Kier molecular flexibility index (Phi) is 6.82. The lowest BCUT2D eigenvalue weighted by atomic mass is 9.69. The molecule has 0 atom stereocenters. The largest absolute Gasteiger partial charge is 0.345 e. The van der Waals surface area contributed by atoms with Crippen molar-refractivity contribution in [1.29, 1.82) is 0 Å². The third-order valence-electron chi connectivity index (χ3n) is 10.9. The van der Waals surface area contributed by atoms with Gasteiger partial charge in [-0.1, -0.05) is 126 Å². The second kappa shape index (κ2) is 11.1. The van der Waals surface area contributed by atoms with Crippen LogP contribution in [0, 0.1) is 0 Å². The predicted octanol–water partition coefficient (Wildman–Crippen LogP) is 11.5. The number of benzene rings is 5. The Morgan fingerprint density at radius 2 is 1.25 bits per heavy atom. The number of aromatic amines is 1. The van der Waals surface area contributed by atoms with Crippen LogP contribution in [-0.2, 0) is 16.2 Å². The number of imidazole rings is 1. The van der Waals surface area contributed by atoms with Crippen LogP contribution < -0.4 is 0 Å². The Morgan fingerprint density at radius 1 is 0.569 bits per heavy atom. The molecular weight excluding hydrogens is 621 g/mol. The molecule has 0 bridgehead atoms. The molecule has 0 unspecified atom stereocenters. The van der Waals surface area contributed by atoms with Crippen molar-refractivity contribution < 1.29 is 0 Å². The first-order valence-corrected chi connectivity index (χ1v) is 17.9. The molecular formula is C47H42N4. The molecule has 0 amide bonds. The Hall–Kier alpha value is -5.74. The molecule has 51 heavy (non-hydrogen) atoms. The minimum atomic E-state index is -0.618. The average molecular weight is 663 g/mol. The van der Waals surface area contributed by atoms with Crippen molar-refractivity contribution in [2.45, 2.75) is 57.8 Å². The second-order valence-corrected chi connectivity index (χ2v) is 16.1. The molecule has 250 valence electrons. The van der Waals surface area contributed by atoms with Gasteiger partial charge in [-0.15, -0.1) is 0 Å². The first kappa shape index (κ1) is 31.3. The number of rotatable bonds is 4. The van der Waals surface area contributed by atoms with Crippen molar-refractivity contribution in [3.8, 4) is 28.2 Å². The topological polar surface area (TPSA) is 46.5 Å². The maximum atomic E-state index is 5.16. The minimum Gasteiger partial charge on any atom is -0.345 e. The quantitative estimate of drug-likeness (QED) is 0.204. The number of hydrogen-bond acceptors (Lipinski definition) is 2. The minimum absolute atomic E-state index is 0.0119. The van der Waals surface area contributed by atoms with E-state index in [1.54, 1.807) is 0 Å². The molecule has 1 aliphatic rings. The standard InChI is InChI=1S/C47H42N4/c1-45(2,3)31-18-21-39-37(28-31)38-29-32(46(4,5)6)19-22-40(38)47(39,43-16-9-10-23-48-43)33-12-11-13-34(27-33)51-41-15-8-7-14-35(41)36-20-17-30(26-42(36)51)44-49-24-25-50-44/h7-29H,1-6H3,(H,49,50). The third kappa shape index (κ3) is 4.73. The fraction of sp³-hybridized carbons (Fsp3) is 0.191. The van der Waals surface area contributed by atoms with Gasteiger partial charge in [0.05, 0.1) is 22.1 Å². The lowest BCUT2D eigenvalue weighted by Gasteiger charge is -2.33. The Morgan fingerprint density at radius 3 is 1.90 bits per heavy atom. The highest BCUT2D eigenvalue weighted by Gasteiger charge is 2.48. The van der Waals surface area contributed by atoms with Crippen LogP contribution in [0.25, 0.3) is 50.0 Å². The van der Waals surface area contributed by atoms with Crippen LogP contribution in [0.15, 0.2) is 140 Å². The number of aromatic nitrogens is 4. The van der Waals surface area contributed by atoms with Gasteiger partial charge in [0, 0.05) is 40.6 Å². The maximum Gasteiger partial charge on any atom is 0.137 e. The zero-order valence-electron chi connectivity index (χ0n) is 30.1. The van der Waals surface area contributed by atoms with Gasteiger partial charge in [0.2, 0.25) is 0 Å². The van der Waals surface area contributed by atoms with Crippen LogP contribution >= 0.6 is 0 Å². The van der Waals surface area contributed by atoms with Gasteiger partial charge in [-0.3, -0.25) is 4.98 Å². The fourth-order valence-electron chi connectivity index (χ4n) is 8.28. The first-order valence-electron chi connectivity index (χ1n) is 17.9. The normalized spacial score (nSPS) is 13.8. The van der Waals surface area contributed by atoms with Gasteiger partial charge in [-0.05, 0) is 86.2 Å². The number of nitrogens with one attached hydrogen (secondary N) is 1. The summed E-state index contributed by atoms with van der Waals surface area (Å²) in [5, 5.41) is 2.44. The molecule has 0 fully saturated rings. The van der Waals surface area contributed by atoms with Gasteiger partial charge < -0.3 is 9.55 Å². The molecule has 1 aliphatic carbocycles. The van der Waals surface area contributed by atoms with Crippen LogP contribution in [0.1, 0.15) is 75.1 Å². The van der Waals surface area contributed by atoms with E-state index in [9.17, 15) is 0 Å². The lowest BCUT2D eigenvalue weighted by molar-refractivity contribution is 0.589. The van der Waals surface area contributed by atoms with E-state index in [0.29, 0.717) is 0 Å². The van der Waals surface area contributed by atoms with Gasteiger partial charge in [0.1, 0.15) is 5.82 Å². The molecule has 0 spiro atoms. The Bertz CT molecular complexity index is 2530. The summed E-state index contributed by atoms with van der Waals surface area (Å²) in [6.45, 7) is 13.8. The molecule has 0 aliphatic heterocycles. The molecule has 4 heteroatoms. The highest BCUT2D eigenvalue weighted by atomic mass is 15.0. The summed E-state index contributed by atoms with van der Waals surface area (Å²) in [5.41, 5.74) is 13.9. The smallest absolute Gasteiger partial charge is 0.137 e. The van der Waals surface area contributed by atoms with E-state index < -0.39 is 5.41 Å². The number of nitrogens with zero attached hydrogens (tertiary/aromatic N) is 3. The van der Waals surface area contributed by atoms with Gasteiger partial charge in [0.25, 0.3) is 0 Å². The van der Waals surface area contributed by atoms with Gasteiger partial charge in [-0.2, -0.15) is 0 Å². The van der Waals surface area contributed by atoms with E-state index in [0.717, 1.165) is 28.3 Å². The van der Waals surface area contributed by atoms with Crippen LogP contribution in [0.3, 0.4) is 0 Å². The van der Waals surface area contributed by atoms with E-state index in [4.69, 9.17) is 4.98 Å². The van der Waals surface area contributed by atoms with E-state index in [-0.39, 0.29) is 10.8 Å². The maximum absolute atomic E-state index is 5.16. The Labute approximate surface area is 299 Å². The van der Waals surface area contributed by atoms with Crippen LogP contribution in [0.2, 0.25) is 0 Å². The molecule has 9 rings (SSSR count). The summed E-state index contributed by atoms with van der Waals surface area (Å²) in [7, 11) is 0. The highest BCUT2D eigenvalue weighted by Crippen LogP contribution is 2.57. The summed E-state index contributed by atoms with van der Waals surface area (Å²) < 4.78 is 2.41. The van der Waals surface area contributed by atoms with Crippen LogP contribution in [0.5, 0.6) is 0 Å². The number of H-pyrrole nitrogens is 1. The van der Waals surface area contributed by atoms with Crippen molar-refractivity contribution >= 4 is 21.8 Å². The number of hydrogen-bond donors (Lipinski definition) is 1. The average Bonchev–Trinajstić information content (AvgIpc) is 3.85. The zero-order valence-corrected chi connectivity index (χ0v) is 30.1. The highest BCUT2D eigenvalue weighted by molar-refractivity contribution is 6.10. The predicted molar refractivity (Wildman–Crippen MR) is 211 cm³/mol. The molecule has 3 aromatic heterocycles. The van der Waals surface area contributed by atoms with Crippen molar-refractivity contribution in [2.24, 2.45) is 0 Å². The van der Waals surface area contributed by atoms with Crippen molar-refractivity contribution in [3.63, 3.8) is 0 Å². The molecule has 1 N–H and O–H groups in total.